The van der Waals surface area contributed by atoms with Gasteiger partial charge in [0.15, 0.2) is 11.5 Å². The number of aromatic hydroxyl groups is 3. The van der Waals surface area contributed by atoms with Crippen molar-refractivity contribution in [3.05, 3.63) is 142 Å². The second-order valence-electron chi connectivity index (χ2n) is 12.3. The van der Waals surface area contributed by atoms with Gasteiger partial charge in [0.05, 0.1) is 24.2 Å². The van der Waals surface area contributed by atoms with Gasteiger partial charge >= 0.3 is 18.1 Å². The fraction of sp³-hybridized carbons (Fsp3) is 0.0714. The number of phenols is 3. The standard InChI is InChI=1S/C14H11ClN2O4.C14H13ClN2O3.C14H13ClN2O2/c15-8-1-3-11(18)10(5-8)17-14(19)16-9-2-4-12-13(6-9)21-7-20-12;1-20-11-4-2-3-10(8-11)16-14(19)17-12-7-9(15)5-6-13(12)18;1-9-4-2-3-5-11(9)16-14(19)17-12-8-10(15)6-7-13(12)18/h1-6,18H,7H2,(H2,16,17,19);2-8,18H,1H3,(H2,16,17,19);2-8,18H,1H3,(H2,16,17,19). The molecule has 6 aromatic rings. The zero-order valence-corrected chi connectivity index (χ0v) is 33.9. The predicted octanol–water partition coefficient (Wildman–Crippen LogP) is 11.1. The van der Waals surface area contributed by atoms with Gasteiger partial charge < -0.3 is 61.4 Å². The molecule has 60 heavy (non-hydrogen) atoms. The minimum Gasteiger partial charge on any atom is -0.506 e. The highest BCUT2D eigenvalue weighted by Crippen LogP contribution is 2.35. The average molecular weight is 876 g/mol. The van der Waals surface area contributed by atoms with Crippen LogP contribution in [0.5, 0.6) is 34.5 Å². The number of amides is 6. The summed E-state index contributed by atoms with van der Waals surface area (Å²) in [5.41, 5.74) is 3.49. The first-order valence-corrected chi connectivity index (χ1v) is 18.7. The number of halogens is 3. The zero-order valence-electron chi connectivity index (χ0n) is 31.7. The largest absolute Gasteiger partial charge is 0.506 e. The molecule has 0 aromatic heterocycles. The van der Waals surface area contributed by atoms with Crippen LogP contribution >= 0.6 is 34.8 Å². The van der Waals surface area contributed by atoms with E-state index in [9.17, 15) is 29.7 Å². The van der Waals surface area contributed by atoms with Gasteiger partial charge in [-0.2, -0.15) is 0 Å². The Morgan fingerprint density at radius 3 is 1.50 bits per heavy atom. The van der Waals surface area contributed by atoms with E-state index in [1.807, 2.05) is 25.1 Å². The average Bonchev–Trinajstić information content (AvgIpc) is 3.69. The summed E-state index contributed by atoms with van der Waals surface area (Å²) < 4.78 is 15.5. The van der Waals surface area contributed by atoms with Gasteiger partial charge in [0.2, 0.25) is 6.79 Å². The van der Waals surface area contributed by atoms with E-state index in [-0.39, 0.29) is 41.1 Å². The lowest BCUT2D eigenvalue weighted by atomic mass is 10.2. The van der Waals surface area contributed by atoms with Crippen molar-refractivity contribution in [2.45, 2.75) is 6.92 Å². The highest BCUT2D eigenvalue weighted by atomic mass is 35.5. The summed E-state index contributed by atoms with van der Waals surface area (Å²) in [7, 11) is 1.54. The molecule has 0 unspecified atom stereocenters. The number of hydrogen-bond donors (Lipinski definition) is 9. The lowest BCUT2D eigenvalue weighted by molar-refractivity contribution is 0.174. The molecule has 1 heterocycles. The first-order valence-electron chi connectivity index (χ1n) is 17.5. The van der Waals surface area contributed by atoms with E-state index in [1.54, 1.807) is 61.7 Å². The van der Waals surface area contributed by atoms with E-state index >= 15 is 0 Å². The monoisotopic (exact) mass is 874 g/mol. The van der Waals surface area contributed by atoms with Crippen LogP contribution in [0.15, 0.2) is 121 Å². The Balaban J connectivity index is 0.000000171. The van der Waals surface area contributed by atoms with Crippen molar-refractivity contribution in [3.63, 3.8) is 0 Å². The van der Waals surface area contributed by atoms with Crippen LogP contribution in [0.3, 0.4) is 0 Å². The molecule has 7 rings (SSSR count). The molecule has 15 nitrogen and oxygen atoms in total. The molecule has 0 atom stereocenters. The lowest BCUT2D eigenvalue weighted by Crippen LogP contribution is -2.19. The van der Waals surface area contributed by atoms with Crippen LogP contribution in [0, 0.1) is 6.92 Å². The van der Waals surface area contributed by atoms with Gasteiger partial charge in [-0.3, -0.25) is 0 Å². The molecule has 18 heteroatoms. The molecule has 1 aliphatic rings. The molecule has 9 N–H and O–H groups in total. The quantitative estimate of drug-likeness (QED) is 0.0697. The summed E-state index contributed by atoms with van der Waals surface area (Å²) in [5, 5.41) is 45.6. The van der Waals surface area contributed by atoms with Gasteiger partial charge in [-0.05, 0) is 97.4 Å². The number of ether oxygens (including phenoxy) is 3. The van der Waals surface area contributed by atoms with Crippen molar-refractivity contribution in [2.75, 3.05) is 45.8 Å². The topological polar surface area (TPSA) is 212 Å². The summed E-state index contributed by atoms with van der Waals surface area (Å²) in [6.07, 6.45) is 0. The van der Waals surface area contributed by atoms with Gasteiger partial charge in [0.25, 0.3) is 0 Å². The summed E-state index contributed by atoms with van der Waals surface area (Å²) in [6.45, 7) is 2.06. The van der Waals surface area contributed by atoms with Crippen LogP contribution < -0.4 is 46.1 Å². The predicted molar refractivity (Wildman–Crippen MR) is 234 cm³/mol. The van der Waals surface area contributed by atoms with Crippen molar-refractivity contribution in [1.29, 1.82) is 0 Å². The van der Waals surface area contributed by atoms with Crippen LogP contribution in [0.1, 0.15) is 5.56 Å². The molecule has 6 aromatic carbocycles. The second kappa shape index (κ2) is 21.0. The van der Waals surface area contributed by atoms with E-state index in [0.29, 0.717) is 49.4 Å². The van der Waals surface area contributed by atoms with E-state index < -0.39 is 18.1 Å². The fourth-order valence-electron chi connectivity index (χ4n) is 5.06. The van der Waals surface area contributed by atoms with Crippen LogP contribution in [-0.4, -0.2) is 47.3 Å². The molecular formula is C42H37Cl3N6O9. The smallest absolute Gasteiger partial charge is 0.323 e. The number of para-hydroxylation sites is 1. The SMILES string of the molecule is COc1cccc(NC(=O)Nc2cc(Cl)ccc2O)c1.Cc1ccccc1NC(=O)Nc1cc(Cl)ccc1O.O=C(Nc1ccc2c(c1)OCO2)Nc1cc(Cl)ccc1O. The number of carbonyl (C=O) groups excluding carboxylic acids is 3. The maximum absolute atomic E-state index is 11.9. The Hall–Kier alpha value is -7.20. The molecule has 1 aliphatic heterocycles. The summed E-state index contributed by atoms with van der Waals surface area (Å²) in [4.78, 5) is 35.5. The van der Waals surface area contributed by atoms with Crippen molar-refractivity contribution >= 4 is 87.0 Å². The second-order valence-corrected chi connectivity index (χ2v) is 13.6. The van der Waals surface area contributed by atoms with Crippen molar-refractivity contribution in [2.24, 2.45) is 0 Å². The third-order valence-electron chi connectivity index (χ3n) is 7.97. The number of aryl methyl sites for hydroxylation is 1. The first-order chi connectivity index (χ1) is 28.8. The summed E-state index contributed by atoms with van der Waals surface area (Å²) in [5.74, 6) is 1.67. The number of fused-ring (bicyclic) bond motifs is 1. The van der Waals surface area contributed by atoms with E-state index in [0.717, 1.165) is 5.56 Å². The Morgan fingerprint density at radius 2 is 0.983 bits per heavy atom. The van der Waals surface area contributed by atoms with Crippen LogP contribution in [-0.2, 0) is 0 Å². The Morgan fingerprint density at radius 1 is 0.517 bits per heavy atom. The molecule has 310 valence electrons. The van der Waals surface area contributed by atoms with Gasteiger partial charge in [0, 0.05) is 44.3 Å². The van der Waals surface area contributed by atoms with Gasteiger partial charge in [0.1, 0.15) is 23.0 Å². The number of benzene rings is 6. The third kappa shape index (κ3) is 13.2. The third-order valence-corrected chi connectivity index (χ3v) is 8.68. The number of hydrogen-bond acceptors (Lipinski definition) is 9. The van der Waals surface area contributed by atoms with Gasteiger partial charge in [-0.25, -0.2) is 14.4 Å². The zero-order chi connectivity index (χ0) is 43.2. The van der Waals surface area contributed by atoms with Crippen LogP contribution in [0.2, 0.25) is 15.1 Å². The van der Waals surface area contributed by atoms with Gasteiger partial charge in [-0.15, -0.1) is 0 Å². The number of urea groups is 3. The molecule has 6 amide bonds. The number of phenolic OH excluding ortho intramolecular Hbond substituents is 3. The number of anilines is 6. The van der Waals surface area contributed by atoms with E-state index in [4.69, 9.17) is 49.0 Å². The van der Waals surface area contributed by atoms with E-state index in [2.05, 4.69) is 31.9 Å². The van der Waals surface area contributed by atoms with Gasteiger partial charge in [-0.1, -0.05) is 59.1 Å². The van der Waals surface area contributed by atoms with Crippen molar-refractivity contribution in [1.82, 2.24) is 0 Å². The van der Waals surface area contributed by atoms with E-state index in [1.165, 1.54) is 48.5 Å². The molecule has 0 radical (unpaired) electrons. The molecule has 0 spiro atoms. The summed E-state index contributed by atoms with van der Waals surface area (Å²) in [6, 6.07) is 31.2. The molecule has 0 aliphatic carbocycles. The Bertz CT molecular complexity index is 2490. The normalized spacial score (nSPS) is 10.7. The summed E-state index contributed by atoms with van der Waals surface area (Å²) >= 11 is 17.4. The maximum Gasteiger partial charge on any atom is 0.323 e. The number of carbonyl (C=O) groups is 3. The van der Waals surface area contributed by atoms with Crippen molar-refractivity contribution < 1.29 is 43.9 Å². The highest BCUT2D eigenvalue weighted by Gasteiger charge is 2.15. The van der Waals surface area contributed by atoms with Crippen LogP contribution in [0.25, 0.3) is 0 Å². The Labute approximate surface area is 358 Å². The fourth-order valence-corrected chi connectivity index (χ4v) is 5.57. The number of nitrogens with one attached hydrogen (secondary N) is 6. The molecule has 0 bridgehead atoms. The van der Waals surface area contributed by atoms with Crippen molar-refractivity contribution in [3.8, 4) is 34.5 Å². The lowest BCUT2D eigenvalue weighted by Gasteiger charge is -2.10. The molecule has 0 saturated carbocycles. The first kappa shape index (κ1) is 43.9. The highest BCUT2D eigenvalue weighted by molar-refractivity contribution is 6.31. The molecular weight excluding hydrogens is 839 g/mol. The Kier molecular flexibility index (Phi) is 15.4. The number of methoxy groups -OCH3 is 1. The molecule has 0 fully saturated rings. The minimum absolute atomic E-state index is 0.0377. The minimum atomic E-state index is -0.508. The molecule has 0 saturated heterocycles. The van der Waals surface area contributed by atoms with Crippen LogP contribution in [0.4, 0.5) is 48.5 Å². The number of rotatable bonds is 7. The maximum atomic E-state index is 11.9.